The summed E-state index contributed by atoms with van der Waals surface area (Å²) < 4.78 is 23.3. The predicted octanol–water partition coefficient (Wildman–Crippen LogP) is 4.60. The molecule has 1 N–H and O–H groups in total. The smallest absolute Gasteiger partial charge is 0.267 e. The maximum absolute atomic E-state index is 13.8. The van der Waals surface area contributed by atoms with Gasteiger partial charge in [0.25, 0.3) is 11.5 Å². The monoisotopic (exact) mass is 594 g/mol. The number of thiophene rings is 1. The van der Waals surface area contributed by atoms with Crippen molar-refractivity contribution in [2.75, 3.05) is 33.7 Å². The van der Waals surface area contributed by atoms with E-state index in [1.165, 1.54) is 44.2 Å². The number of ether oxygens (including phenoxy) is 4. The van der Waals surface area contributed by atoms with E-state index in [0.29, 0.717) is 56.2 Å². The standard InChI is InChI=1S/C29H30N4O6S2/c1-5-39-19-12-10-18(11-13-19)33-28(35)24-20-7-6-8-22(20)41-27(24)31-29(33)40-16-23(34)32-30-15-17-9-14-21(36-2)26(38-4)25(17)37-3/h9-15H,5-8,16H2,1-4H3,(H,32,34). The predicted molar refractivity (Wildman–Crippen MR) is 161 cm³/mol. The molecule has 1 aliphatic rings. The lowest BCUT2D eigenvalue weighted by molar-refractivity contribution is -0.118. The van der Waals surface area contributed by atoms with Gasteiger partial charge in [0.05, 0.1) is 51.0 Å². The van der Waals surface area contributed by atoms with Crippen LogP contribution in [0.5, 0.6) is 23.0 Å². The van der Waals surface area contributed by atoms with Gasteiger partial charge in [-0.1, -0.05) is 11.8 Å². The molecule has 1 amide bonds. The van der Waals surface area contributed by atoms with E-state index >= 15 is 0 Å². The lowest BCUT2D eigenvalue weighted by atomic mass is 10.2. The van der Waals surface area contributed by atoms with Crippen molar-refractivity contribution in [3.05, 3.63) is 62.8 Å². The molecule has 0 unspecified atom stereocenters. The minimum atomic E-state index is -0.355. The maximum Gasteiger partial charge on any atom is 0.267 e. The first-order valence-electron chi connectivity index (χ1n) is 13.0. The first-order valence-corrected chi connectivity index (χ1v) is 14.8. The lowest BCUT2D eigenvalue weighted by Gasteiger charge is -2.13. The molecule has 1 aliphatic carbocycles. The molecular weight excluding hydrogens is 564 g/mol. The van der Waals surface area contributed by atoms with Crippen molar-refractivity contribution >= 4 is 45.4 Å². The summed E-state index contributed by atoms with van der Waals surface area (Å²) in [7, 11) is 4.57. The molecule has 0 saturated carbocycles. The molecule has 2 aromatic carbocycles. The topological polar surface area (TPSA) is 113 Å². The SMILES string of the molecule is CCOc1ccc(-n2c(SCC(=O)NN=Cc3ccc(OC)c(OC)c3OC)nc3sc4c(c3c2=O)CCC4)cc1. The average Bonchev–Trinajstić information content (AvgIpc) is 3.57. The number of carbonyl (C=O) groups excluding carboxylic acids is 1. The molecule has 2 aromatic heterocycles. The average molecular weight is 595 g/mol. The highest BCUT2D eigenvalue weighted by Gasteiger charge is 2.24. The Balaban J connectivity index is 1.38. The van der Waals surface area contributed by atoms with Gasteiger partial charge in [-0.2, -0.15) is 5.10 Å². The van der Waals surface area contributed by atoms with Crippen molar-refractivity contribution in [2.24, 2.45) is 5.10 Å². The molecule has 0 bridgehead atoms. The Bertz CT molecular complexity index is 1660. The second-order valence-electron chi connectivity index (χ2n) is 9.00. The van der Waals surface area contributed by atoms with Crippen LogP contribution in [0.3, 0.4) is 0 Å². The number of hydrazone groups is 1. The van der Waals surface area contributed by atoms with Gasteiger partial charge < -0.3 is 18.9 Å². The molecule has 0 spiro atoms. The summed E-state index contributed by atoms with van der Waals surface area (Å²) in [5.74, 6) is 1.73. The van der Waals surface area contributed by atoms with Crippen LogP contribution in [-0.2, 0) is 17.6 Å². The quantitative estimate of drug-likeness (QED) is 0.116. The van der Waals surface area contributed by atoms with E-state index in [2.05, 4.69) is 10.5 Å². The molecule has 4 aromatic rings. The molecule has 10 nitrogen and oxygen atoms in total. The van der Waals surface area contributed by atoms with Gasteiger partial charge in [0.15, 0.2) is 16.7 Å². The number of methoxy groups -OCH3 is 3. The van der Waals surface area contributed by atoms with Gasteiger partial charge in [-0.3, -0.25) is 14.2 Å². The summed E-state index contributed by atoms with van der Waals surface area (Å²) in [6, 6.07) is 10.8. The number of hydrogen-bond donors (Lipinski definition) is 1. The largest absolute Gasteiger partial charge is 0.494 e. The summed E-state index contributed by atoms with van der Waals surface area (Å²) in [5.41, 5.74) is 4.78. The fourth-order valence-corrected chi connectivity index (χ4v) is 6.88. The number of amides is 1. The van der Waals surface area contributed by atoms with Gasteiger partial charge in [-0.15, -0.1) is 11.3 Å². The Hall–Kier alpha value is -4.03. The van der Waals surface area contributed by atoms with E-state index in [1.807, 2.05) is 31.2 Å². The Morgan fingerprint density at radius 3 is 2.59 bits per heavy atom. The van der Waals surface area contributed by atoms with Gasteiger partial charge in [-0.25, -0.2) is 10.4 Å². The van der Waals surface area contributed by atoms with Gasteiger partial charge in [0.2, 0.25) is 5.75 Å². The molecule has 0 aliphatic heterocycles. The third-order valence-corrected chi connectivity index (χ3v) is 8.70. The zero-order chi connectivity index (χ0) is 28.9. The summed E-state index contributed by atoms with van der Waals surface area (Å²) in [5, 5.41) is 5.20. The van der Waals surface area contributed by atoms with Crippen LogP contribution >= 0.6 is 23.1 Å². The van der Waals surface area contributed by atoms with Crippen LogP contribution in [0.25, 0.3) is 15.9 Å². The van der Waals surface area contributed by atoms with E-state index in [-0.39, 0.29) is 17.2 Å². The summed E-state index contributed by atoms with van der Waals surface area (Å²) in [6.07, 6.45) is 4.36. The maximum atomic E-state index is 13.8. The highest BCUT2D eigenvalue weighted by molar-refractivity contribution is 7.99. The molecule has 5 rings (SSSR count). The van der Waals surface area contributed by atoms with Crippen molar-refractivity contribution in [3.63, 3.8) is 0 Å². The summed E-state index contributed by atoms with van der Waals surface area (Å²) in [4.78, 5) is 33.4. The number of nitrogens with zero attached hydrogens (tertiary/aromatic N) is 3. The van der Waals surface area contributed by atoms with E-state index in [9.17, 15) is 9.59 Å². The number of rotatable bonds is 11. The molecule has 214 valence electrons. The van der Waals surface area contributed by atoms with Crippen LogP contribution < -0.4 is 29.9 Å². The van der Waals surface area contributed by atoms with Gasteiger partial charge >= 0.3 is 0 Å². The molecule has 0 radical (unpaired) electrons. The number of benzene rings is 2. The first kappa shape index (κ1) is 28.5. The fourth-order valence-electron chi connectivity index (χ4n) is 4.77. The Morgan fingerprint density at radius 1 is 1.10 bits per heavy atom. The molecular formula is C29H30N4O6S2. The van der Waals surface area contributed by atoms with Crippen molar-refractivity contribution in [1.82, 2.24) is 15.0 Å². The number of aryl methyl sites for hydroxylation is 2. The van der Waals surface area contributed by atoms with Crippen LogP contribution in [-0.4, -0.2) is 55.4 Å². The minimum absolute atomic E-state index is 0.000470. The Morgan fingerprint density at radius 2 is 1.88 bits per heavy atom. The van der Waals surface area contributed by atoms with Gasteiger partial charge in [0, 0.05) is 10.4 Å². The fraction of sp³-hybridized carbons (Fsp3) is 0.310. The summed E-state index contributed by atoms with van der Waals surface area (Å²) >= 11 is 2.75. The number of aromatic nitrogens is 2. The Kier molecular flexibility index (Phi) is 8.79. The van der Waals surface area contributed by atoms with Crippen LogP contribution in [0, 0.1) is 0 Å². The zero-order valence-corrected chi connectivity index (χ0v) is 24.8. The van der Waals surface area contributed by atoms with Crippen LogP contribution in [0.1, 0.15) is 29.3 Å². The highest BCUT2D eigenvalue weighted by Crippen LogP contribution is 2.39. The number of thioether (sulfide) groups is 1. The molecule has 0 fully saturated rings. The third-order valence-electron chi connectivity index (χ3n) is 6.57. The van der Waals surface area contributed by atoms with Crippen molar-refractivity contribution in [3.8, 4) is 28.7 Å². The number of fused-ring (bicyclic) bond motifs is 3. The molecule has 2 heterocycles. The normalized spacial score (nSPS) is 12.5. The van der Waals surface area contributed by atoms with Crippen LogP contribution in [0.15, 0.2) is 51.5 Å². The highest BCUT2D eigenvalue weighted by atomic mass is 32.2. The second-order valence-corrected chi connectivity index (χ2v) is 11.0. The van der Waals surface area contributed by atoms with E-state index in [0.717, 1.165) is 24.8 Å². The minimum Gasteiger partial charge on any atom is -0.494 e. The van der Waals surface area contributed by atoms with Crippen LogP contribution in [0.4, 0.5) is 0 Å². The van der Waals surface area contributed by atoms with Gasteiger partial charge in [-0.05, 0) is 68.1 Å². The van der Waals surface area contributed by atoms with Crippen LogP contribution in [0.2, 0.25) is 0 Å². The number of carbonyl (C=O) groups is 1. The van der Waals surface area contributed by atoms with E-state index in [4.69, 9.17) is 23.9 Å². The second kappa shape index (κ2) is 12.6. The van der Waals surface area contributed by atoms with Crippen molar-refractivity contribution in [2.45, 2.75) is 31.3 Å². The third kappa shape index (κ3) is 5.75. The molecule has 41 heavy (non-hydrogen) atoms. The molecule has 0 saturated heterocycles. The van der Waals surface area contributed by atoms with Crippen molar-refractivity contribution < 1.29 is 23.7 Å². The lowest BCUT2D eigenvalue weighted by Crippen LogP contribution is -2.24. The van der Waals surface area contributed by atoms with E-state index in [1.54, 1.807) is 28.0 Å². The van der Waals surface area contributed by atoms with E-state index < -0.39 is 0 Å². The zero-order valence-electron chi connectivity index (χ0n) is 23.2. The number of hydrogen-bond acceptors (Lipinski definition) is 10. The number of nitrogens with one attached hydrogen (secondary N) is 1. The molecule has 0 atom stereocenters. The Labute approximate surface area is 245 Å². The van der Waals surface area contributed by atoms with Crippen molar-refractivity contribution in [1.29, 1.82) is 0 Å². The summed E-state index contributed by atoms with van der Waals surface area (Å²) in [6.45, 7) is 2.47. The molecule has 12 heteroatoms. The first-order chi connectivity index (χ1) is 20.0. The van der Waals surface area contributed by atoms with Gasteiger partial charge in [0.1, 0.15) is 10.6 Å².